The molecule has 1 heterocycles. The van der Waals surface area contributed by atoms with E-state index in [4.69, 9.17) is 15.2 Å². The largest absolute Gasteiger partial charge is 0.497 e. The number of aromatic nitrogens is 1. The Morgan fingerprint density at radius 1 is 0.905 bits per heavy atom. The maximum atomic E-state index is 5.78. The molecule has 0 amide bonds. The van der Waals surface area contributed by atoms with Crippen molar-refractivity contribution in [1.29, 1.82) is 0 Å². The molecule has 2 aromatic carbocycles. The molecule has 0 bridgehead atoms. The highest BCUT2D eigenvalue weighted by atomic mass is 32.1. The van der Waals surface area contributed by atoms with E-state index in [-0.39, 0.29) is 0 Å². The number of nitrogens with zero attached hydrogens (tertiary/aromatic N) is 1. The first kappa shape index (κ1) is 13.5. The first-order chi connectivity index (χ1) is 10.2. The van der Waals surface area contributed by atoms with E-state index in [9.17, 15) is 0 Å². The molecule has 0 saturated heterocycles. The van der Waals surface area contributed by atoms with Crippen LogP contribution in [-0.4, -0.2) is 12.1 Å². The number of ether oxygens (including phenoxy) is 2. The molecule has 3 rings (SSSR count). The number of hydrogen-bond donors (Lipinski definition) is 1. The van der Waals surface area contributed by atoms with Gasteiger partial charge in [-0.1, -0.05) is 0 Å². The van der Waals surface area contributed by atoms with Gasteiger partial charge in [0.15, 0.2) is 5.13 Å². The summed E-state index contributed by atoms with van der Waals surface area (Å²) in [5.41, 5.74) is 7.55. The van der Waals surface area contributed by atoms with Crippen LogP contribution in [0.5, 0.6) is 17.2 Å². The van der Waals surface area contributed by atoms with Gasteiger partial charge in [0, 0.05) is 10.9 Å². The smallest absolute Gasteiger partial charge is 0.180 e. The molecule has 0 spiro atoms. The summed E-state index contributed by atoms with van der Waals surface area (Å²) in [6, 6.07) is 15.2. The highest BCUT2D eigenvalue weighted by Gasteiger charge is 2.03. The van der Waals surface area contributed by atoms with Gasteiger partial charge in [-0.3, -0.25) is 0 Å². The monoisotopic (exact) mass is 298 g/mol. The van der Waals surface area contributed by atoms with Gasteiger partial charge in [0.25, 0.3) is 0 Å². The Balaban J connectivity index is 1.74. The van der Waals surface area contributed by atoms with Crippen molar-refractivity contribution >= 4 is 16.5 Å². The summed E-state index contributed by atoms with van der Waals surface area (Å²) >= 11 is 1.43. The van der Waals surface area contributed by atoms with Crippen molar-refractivity contribution in [2.75, 3.05) is 12.8 Å². The third-order valence-electron chi connectivity index (χ3n) is 2.97. The summed E-state index contributed by atoms with van der Waals surface area (Å²) in [5.74, 6) is 2.34. The second kappa shape index (κ2) is 5.85. The van der Waals surface area contributed by atoms with E-state index >= 15 is 0 Å². The second-order valence-corrected chi connectivity index (χ2v) is 5.26. The van der Waals surface area contributed by atoms with Crippen LogP contribution in [0.4, 0.5) is 5.13 Å². The molecule has 0 saturated carbocycles. The number of nitrogens with two attached hydrogens (primary N) is 1. The first-order valence-corrected chi connectivity index (χ1v) is 7.26. The predicted octanol–water partition coefficient (Wildman–Crippen LogP) is 4.19. The van der Waals surface area contributed by atoms with Crippen molar-refractivity contribution in [2.24, 2.45) is 0 Å². The average Bonchev–Trinajstić information content (AvgIpc) is 2.95. The maximum absolute atomic E-state index is 5.78. The van der Waals surface area contributed by atoms with Crippen LogP contribution in [-0.2, 0) is 0 Å². The number of nitrogen functional groups attached to an aromatic ring is 1. The Kier molecular flexibility index (Phi) is 3.75. The van der Waals surface area contributed by atoms with Gasteiger partial charge in [-0.25, -0.2) is 4.98 Å². The van der Waals surface area contributed by atoms with E-state index in [0.29, 0.717) is 5.13 Å². The fraction of sp³-hybridized carbons (Fsp3) is 0.0625. The summed E-state index contributed by atoms with van der Waals surface area (Å²) < 4.78 is 10.9. The lowest BCUT2D eigenvalue weighted by Gasteiger charge is -2.07. The summed E-state index contributed by atoms with van der Waals surface area (Å²) in [6.45, 7) is 0. The molecule has 0 atom stereocenters. The van der Waals surface area contributed by atoms with E-state index in [2.05, 4.69) is 4.98 Å². The minimum Gasteiger partial charge on any atom is -0.497 e. The number of anilines is 1. The number of methoxy groups -OCH3 is 1. The normalized spacial score (nSPS) is 10.3. The van der Waals surface area contributed by atoms with Crippen LogP contribution in [0.15, 0.2) is 53.9 Å². The topological polar surface area (TPSA) is 57.4 Å². The van der Waals surface area contributed by atoms with Crippen LogP contribution < -0.4 is 15.2 Å². The SMILES string of the molecule is COc1ccc(Oc2ccc(-c3csc(N)n3)cc2)cc1. The molecule has 2 N–H and O–H groups in total. The Labute approximate surface area is 126 Å². The molecule has 4 nitrogen and oxygen atoms in total. The standard InChI is InChI=1S/C16H14N2O2S/c1-19-12-6-8-14(9-7-12)20-13-4-2-11(3-5-13)15-10-21-16(17)18-15/h2-10H,1H3,(H2,17,18). The Hall–Kier alpha value is -2.53. The lowest BCUT2D eigenvalue weighted by molar-refractivity contribution is 0.413. The molecule has 5 heteroatoms. The molecular formula is C16H14N2O2S. The van der Waals surface area contributed by atoms with Gasteiger partial charge in [-0.15, -0.1) is 11.3 Å². The first-order valence-electron chi connectivity index (χ1n) is 6.38. The van der Waals surface area contributed by atoms with Gasteiger partial charge in [-0.2, -0.15) is 0 Å². The zero-order valence-electron chi connectivity index (χ0n) is 11.4. The molecule has 1 aromatic heterocycles. The number of rotatable bonds is 4. The van der Waals surface area contributed by atoms with Crippen LogP contribution in [0.25, 0.3) is 11.3 Å². The molecule has 0 radical (unpaired) electrons. The lowest BCUT2D eigenvalue weighted by Crippen LogP contribution is -1.86. The van der Waals surface area contributed by atoms with Gasteiger partial charge >= 0.3 is 0 Å². The van der Waals surface area contributed by atoms with Crippen LogP contribution in [0.3, 0.4) is 0 Å². The van der Waals surface area contributed by atoms with Crippen molar-refractivity contribution in [3.05, 3.63) is 53.9 Å². The maximum Gasteiger partial charge on any atom is 0.180 e. The number of hydrogen-bond acceptors (Lipinski definition) is 5. The van der Waals surface area contributed by atoms with Gasteiger partial charge in [0.2, 0.25) is 0 Å². The highest BCUT2D eigenvalue weighted by molar-refractivity contribution is 7.13. The van der Waals surface area contributed by atoms with Crippen molar-refractivity contribution < 1.29 is 9.47 Å². The highest BCUT2D eigenvalue weighted by Crippen LogP contribution is 2.28. The van der Waals surface area contributed by atoms with E-state index in [1.807, 2.05) is 53.9 Å². The predicted molar refractivity (Wildman–Crippen MR) is 85.0 cm³/mol. The Morgan fingerprint density at radius 2 is 1.48 bits per heavy atom. The Bertz CT molecular complexity index is 721. The van der Waals surface area contributed by atoms with Crippen LogP contribution in [0, 0.1) is 0 Å². The summed E-state index contributed by atoms with van der Waals surface area (Å²) in [6.07, 6.45) is 0. The molecular weight excluding hydrogens is 284 g/mol. The van der Waals surface area contributed by atoms with E-state index in [1.165, 1.54) is 11.3 Å². The fourth-order valence-electron chi connectivity index (χ4n) is 1.89. The van der Waals surface area contributed by atoms with Gasteiger partial charge in [0.1, 0.15) is 17.2 Å². The van der Waals surface area contributed by atoms with Crippen LogP contribution in [0.1, 0.15) is 0 Å². The zero-order valence-corrected chi connectivity index (χ0v) is 12.3. The van der Waals surface area contributed by atoms with Crippen LogP contribution in [0.2, 0.25) is 0 Å². The van der Waals surface area contributed by atoms with E-state index in [0.717, 1.165) is 28.5 Å². The molecule has 3 aromatic rings. The molecule has 0 aliphatic rings. The second-order valence-electron chi connectivity index (χ2n) is 4.37. The summed E-state index contributed by atoms with van der Waals surface area (Å²) in [7, 11) is 1.64. The van der Waals surface area contributed by atoms with Gasteiger partial charge in [-0.05, 0) is 48.5 Å². The zero-order chi connectivity index (χ0) is 14.7. The van der Waals surface area contributed by atoms with Crippen molar-refractivity contribution in [3.63, 3.8) is 0 Å². The molecule has 0 aliphatic carbocycles. The van der Waals surface area contributed by atoms with Crippen molar-refractivity contribution in [1.82, 2.24) is 4.98 Å². The number of benzene rings is 2. The van der Waals surface area contributed by atoms with Crippen molar-refractivity contribution in [3.8, 4) is 28.5 Å². The summed E-state index contributed by atoms with van der Waals surface area (Å²) in [5, 5.41) is 2.51. The van der Waals surface area contributed by atoms with E-state index < -0.39 is 0 Å². The van der Waals surface area contributed by atoms with Crippen LogP contribution >= 0.6 is 11.3 Å². The average molecular weight is 298 g/mol. The van der Waals surface area contributed by atoms with Gasteiger partial charge in [0.05, 0.1) is 12.8 Å². The lowest BCUT2D eigenvalue weighted by atomic mass is 10.2. The quantitative estimate of drug-likeness (QED) is 0.784. The van der Waals surface area contributed by atoms with Gasteiger partial charge < -0.3 is 15.2 Å². The Morgan fingerprint density at radius 3 is 2.00 bits per heavy atom. The molecule has 106 valence electrons. The molecule has 0 unspecified atom stereocenters. The number of thiazole rings is 1. The van der Waals surface area contributed by atoms with Crippen molar-refractivity contribution in [2.45, 2.75) is 0 Å². The molecule has 21 heavy (non-hydrogen) atoms. The minimum absolute atomic E-state index is 0.573. The molecule has 0 fully saturated rings. The third-order valence-corrected chi connectivity index (χ3v) is 3.64. The fourth-order valence-corrected chi connectivity index (χ4v) is 2.47. The van der Waals surface area contributed by atoms with E-state index in [1.54, 1.807) is 7.11 Å². The summed E-state index contributed by atoms with van der Waals surface area (Å²) in [4.78, 5) is 4.26. The minimum atomic E-state index is 0.573. The third kappa shape index (κ3) is 3.14. The molecule has 0 aliphatic heterocycles.